The summed E-state index contributed by atoms with van der Waals surface area (Å²) in [5, 5.41) is 47.3. The smallest absolute Gasteiger partial charge is 0.803 e. The van der Waals surface area contributed by atoms with Gasteiger partial charge in [-0.05, 0) is 52.6 Å². The molecule has 0 saturated heterocycles. The predicted molar refractivity (Wildman–Crippen MR) is 194 cm³/mol. The van der Waals surface area contributed by atoms with E-state index in [-0.39, 0.29) is 111 Å². The zero-order valence-electron chi connectivity index (χ0n) is 27.9. The average Bonchev–Trinajstić information content (AvgIpc) is 3.15. The van der Waals surface area contributed by atoms with Gasteiger partial charge in [-0.2, -0.15) is 0 Å². The van der Waals surface area contributed by atoms with Crippen LogP contribution >= 0.6 is 0 Å². The minimum atomic E-state index is -0.874. The van der Waals surface area contributed by atoms with Crippen molar-refractivity contribution in [3.8, 4) is 0 Å². The third kappa shape index (κ3) is 8.25. The predicted octanol–water partition coefficient (Wildman–Crippen LogP) is 1.56. The van der Waals surface area contributed by atoms with Crippen molar-refractivity contribution >= 4 is 50.0 Å². The summed E-state index contributed by atoms with van der Waals surface area (Å²) in [7, 11) is 0. The quantitative estimate of drug-likeness (QED) is 0.161. The van der Waals surface area contributed by atoms with Gasteiger partial charge in [-0.1, -0.05) is 54.6 Å². The molecule has 0 aliphatic carbocycles. The monoisotopic (exact) mass is 844 g/mol. The van der Waals surface area contributed by atoms with Gasteiger partial charge < -0.3 is 45.8 Å². The van der Waals surface area contributed by atoms with Gasteiger partial charge in [0.15, 0.2) is 0 Å². The maximum Gasteiger partial charge on any atom is 3.00 e. The summed E-state index contributed by atoms with van der Waals surface area (Å²) in [5.74, 6) is -2.39. The Bertz CT molecular complexity index is 2270. The molecule has 1 radical (unpaired) electrons. The molecule has 16 nitrogen and oxygen atoms in total. The fourth-order valence-corrected chi connectivity index (χ4v) is 5.79. The molecule has 0 aliphatic heterocycles. The number of pyridine rings is 3. The molecule has 0 bridgehead atoms. The van der Waals surface area contributed by atoms with Crippen LogP contribution in [0.2, 0.25) is 0 Å². The number of fused-ring (bicyclic) bond motifs is 3. The molecular formula is C36H30CeN7O9. The second kappa shape index (κ2) is 16.8. The maximum atomic E-state index is 13.0. The van der Waals surface area contributed by atoms with Crippen LogP contribution < -0.4 is 32.6 Å². The van der Waals surface area contributed by atoms with Crippen LogP contribution in [-0.4, -0.2) is 76.1 Å². The Morgan fingerprint density at radius 2 is 0.755 bits per heavy atom. The number of hydrogen-bond donors (Lipinski definition) is 3. The topological polar surface area (TPSA) is 226 Å². The van der Waals surface area contributed by atoms with Crippen LogP contribution in [0.25, 0.3) is 32.3 Å². The normalized spacial score (nSPS) is 11.0. The van der Waals surface area contributed by atoms with Gasteiger partial charge in [0.05, 0.1) is 0 Å². The maximum absolute atomic E-state index is 13.0. The van der Waals surface area contributed by atoms with Crippen molar-refractivity contribution in [1.29, 1.82) is 0 Å². The van der Waals surface area contributed by atoms with E-state index in [4.69, 9.17) is 0 Å². The Morgan fingerprint density at radius 1 is 0.491 bits per heavy atom. The first-order valence-corrected chi connectivity index (χ1v) is 16.1. The number of amides is 3. The fraction of sp³-hybridized carbons (Fsp3) is 0.167. The van der Waals surface area contributed by atoms with Crippen molar-refractivity contribution in [2.45, 2.75) is 0 Å². The molecule has 3 aromatic carbocycles. The van der Waals surface area contributed by atoms with Gasteiger partial charge in [0.1, 0.15) is 17.1 Å². The van der Waals surface area contributed by atoms with Gasteiger partial charge in [-0.3, -0.25) is 33.7 Å². The molecule has 3 aromatic heterocycles. The number of carbonyl (C=O) groups is 3. The van der Waals surface area contributed by atoms with Crippen LogP contribution in [-0.2, 0) is 0 Å². The molecule has 0 unspecified atom stereocenters. The van der Waals surface area contributed by atoms with E-state index in [1.165, 1.54) is 36.4 Å². The number of nitrogens with one attached hydrogen (secondary N) is 3. The first-order chi connectivity index (χ1) is 25.0. The summed E-state index contributed by atoms with van der Waals surface area (Å²) in [6.45, 7) is 0.280. The molecule has 3 amide bonds. The van der Waals surface area contributed by atoms with Crippen molar-refractivity contribution in [1.82, 2.24) is 35.0 Å². The second-order valence-electron chi connectivity index (χ2n) is 11.8. The number of aromatic nitrogens is 3. The van der Waals surface area contributed by atoms with E-state index < -0.39 is 51.5 Å². The Balaban J connectivity index is 0.00000541. The summed E-state index contributed by atoms with van der Waals surface area (Å²) >= 11 is 0. The van der Waals surface area contributed by atoms with Crippen molar-refractivity contribution in [3.63, 3.8) is 0 Å². The minimum absolute atomic E-state index is 0. The van der Waals surface area contributed by atoms with Crippen molar-refractivity contribution in [2.24, 2.45) is 0 Å². The molecule has 6 rings (SSSR count). The van der Waals surface area contributed by atoms with Crippen LogP contribution in [0.5, 0.6) is 0 Å². The van der Waals surface area contributed by atoms with Crippen LogP contribution in [0.4, 0.5) is 0 Å². The molecule has 3 N–H and O–H groups in total. The minimum Gasteiger partial charge on any atom is -0.803 e. The molecule has 53 heavy (non-hydrogen) atoms. The van der Waals surface area contributed by atoms with Crippen LogP contribution in [0, 0.1) is 57.4 Å². The van der Waals surface area contributed by atoms with E-state index in [9.17, 15) is 44.4 Å². The molecule has 0 atom stereocenters. The molecule has 17 heteroatoms. The Labute approximate surface area is 333 Å². The van der Waals surface area contributed by atoms with Gasteiger partial charge in [-0.25, -0.2) is 0 Å². The standard InChI is InChI=1S/C36H30N7O9.Ce/c44-31(28-19-22-7-1-4-10-25(22)34(47)41(28)50)37-13-16-40(17-14-38-32(45)29-20-23-8-2-5-11-26(23)35(48)42(29)51)18-15-39-33(46)30-21-24-9-3-6-12-27(24)36(49)43(30)52;/h1-12,19-21H,13-18H2,(H,37,44)(H,38,45)(H,39,46);/q-3;+3. The van der Waals surface area contributed by atoms with E-state index in [0.29, 0.717) is 16.2 Å². The molecule has 0 saturated carbocycles. The van der Waals surface area contributed by atoms with Crippen molar-refractivity contribution in [2.75, 3.05) is 39.3 Å². The molecule has 0 fully saturated rings. The SMILES string of the molecule is O=C(NCCN(CCNC(=O)c1cc2ccccc2c(=O)n1[O-])CCNC(=O)c1cc2ccccc2c(=O)n1[O-])c1cc2ccccc2c(=O)n1[O-].[Ce+3]. The second-order valence-corrected chi connectivity index (χ2v) is 11.8. The molecule has 6 aromatic rings. The Kier molecular flexibility index (Phi) is 12.3. The Morgan fingerprint density at radius 3 is 1.04 bits per heavy atom. The first-order valence-electron chi connectivity index (χ1n) is 16.1. The van der Waals surface area contributed by atoms with Crippen LogP contribution in [0.3, 0.4) is 0 Å². The first kappa shape index (κ1) is 38.7. The third-order valence-electron chi connectivity index (χ3n) is 8.50. The molecule has 0 aliphatic rings. The molecule has 267 valence electrons. The summed E-state index contributed by atoms with van der Waals surface area (Å²) in [5.41, 5.74) is -3.81. The fourth-order valence-electron chi connectivity index (χ4n) is 5.79. The largest absolute Gasteiger partial charge is 3.00 e. The van der Waals surface area contributed by atoms with E-state index in [0.717, 1.165) is 0 Å². The van der Waals surface area contributed by atoms with E-state index in [2.05, 4.69) is 16.0 Å². The van der Waals surface area contributed by atoms with Gasteiger partial charge >= 0.3 is 41.7 Å². The van der Waals surface area contributed by atoms with Crippen molar-refractivity contribution in [3.05, 3.63) is 155 Å². The molecule has 3 heterocycles. The number of benzene rings is 3. The number of hydrogen-bond acceptors (Lipinski definition) is 10. The van der Waals surface area contributed by atoms with Crippen LogP contribution in [0.1, 0.15) is 31.5 Å². The van der Waals surface area contributed by atoms with Crippen molar-refractivity contribution < 1.29 is 56.1 Å². The summed E-state index contributed by atoms with van der Waals surface area (Å²) in [6, 6.07) is 23.0. The zero-order valence-corrected chi connectivity index (χ0v) is 31.0. The van der Waals surface area contributed by atoms with Gasteiger partial charge in [0.2, 0.25) is 0 Å². The third-order valence-corrected chi connectivity index (χ3v) is 8.50. The van der Waals surface area contributed by atoms with Gasteiger partial charge in [-0.15, -0.1) is 0 Å². The Hall–Kier alpha value is -5.56. The van der Waals surface area contributed by atoms with Gasteiger partial charge in [0.25, 0.3) is 34.4 Å². The van der Waals surface area contributed by atoms with Gasteiger partial charge in [0, 0.05) is 55.4 Å². The number of carbonyl (C=O) groups excluding carboxylic acids is 3. The number of rotatable bonds is 12. The van der Waals surface area contributed by atoms with E-state index >= 15 is 0 Å². The summed E-state index contributed by atoms with van der Waals surface area (Å²) in [6.07, 6.45) is 0. The molecule has 0 spiro atoms. The van der Waals surface area contributed by atoms with Crippen LogP contribution in [0.15, 0.2) is 105 Å². The zero-order chi connectivity index (χ0) is 36.9. The van der Waals surface area contributed by atoms with E-state index in [1.807, 2.05) is 0 Å². The number of nitrogens with zero attached hydrogens (tertiary/aromatic N) is 4. The van der Waals surface area contributed by atoms with E-state index in [1.54, 1.807) is 59.5 Å². The average molecular weight is 845 g/mol. The summed E-state index contributed by atoms with van der Waals surface area (Å²) in [4.78, 5) is 78.1. The molecular weight excluding hydrogens is 815 g/mol. The summed E-state index contributed by atoms with van der Waals surface area (Å²) < 4.78 is 0.0574.